The van der Waals surface area contributed by atoms with Crippen molar-refractivity contribution in [1.29, 1.82) is 0 Å². The number of phenols is 1. The van der Waals surface area contributed by atoms with Crippen molar-refractivity contribution >= 4 is 11.6 Å². The predicted molar refractivity (Wildman–Crippen MR) is 45.6 cm³/mol. The van der Waals surface area contributed by atoms with E-state index in [0.29, 0.717) is 5.75 Å². The second kappa shape index (κ2) is 4.18. The summed E-state index contributed by atoms with van der Waals surface area (Å²) in [6, 6.07) is 4.60. The summed E-state index contributed by atoms with van der Waals surface area (Å²) in [6.45, 7) is 0.168. The van der Waals surface area contributed by atoms with Crippen molar-refractivity contribution in [3.05, 3.63) is 23.2 Å². The molecule has 12 heavy (non-hydrogen) atoms. The number of rotatable bonds is 3. The Bertz CT molecular complexity index is 262. The molecule has 0 fully saturated rings. The molecule has 1 N–H and O–H groups in total. The molecule has 0 aliphatic carbocycles. The lowest BCUT2D eigenvalue weighted by Gasteiger charge is -2.04. The number of phenolic OH excluding ortho intramolecular Hbond substituents is 1. The highest BCUT2D eigenvalue weighted by molar-refractivity contribution is 6.32. The van der Waals surface area contributed by atoms with Gasteiger partial charge >= 0.3 is 0 Å². The molecule has 0 atom stereocenters. The van der Waals surface area contributed by atoms with Crippen molar-refractivity contribution < 1.29 is 14.6 Å². The van der Waals surface area contributed by atoms with Crippen molar-refractivity contribution in [2.24, 2.45) is 0 Å². The predicted octanol–water partition coefficient (Wildman–Crippen LogP) is 2.03. The van der Waals surface area contributed by atoms with Gasteiger partial charge in [0.25, 0.3) is 0 Å². The van der Waals surface area contributed by atoms with Crippen LogP contribution in [-0.4, -0.2) is 19.0 Å². The molecule has 0 saturated carbocycles. The average Bonchev–Trinajstić information content (AvgIpc) is 2.07. The normalized spacial score (nSPS) is 9.83. The van der Waals surface area contributed by atoms with Gasteiger partial charge in [-0.15, -0.1) is 0 Å². The highest BCUT2D eigenvalue weighted by Crippen LogP contribution is 2.27. The highest BCUT2D eigenvalue weighted by atomic mass is 35.5. The molecule has 0 radical (unpaired) electrons. The van der Waals surface area contributed by atoms with Gasteiger partial charge in [0.1, 0.15) is 11.5 Å². The molecule has 0 saturated heterocycles. The molecule has 0 amide bonds. The zero-order chi connectivity index (χ0) is 8.97. The number of aromatic hydroxyl groups is 1. The third kappa shape index (κ3) is 2.29. The Morgan fingerprint density at radius 2 is 2.25 bits per heavy atom. The Balaban J connectivity index is 2.69. The summed E-state index contributed by atoms with van der Waals surface area (Å²) in [5.41, 5.74) is 0. The number of hydrogen-bond acceptors (Lipinski definition) is 3. The van der Waals surface area contributed by atoms with Crippen molar-refractivity contribution in [1.82, 2.24) is 0 Å². The molecular formula is C8H9ClO3. The summed E-state index contributed by atoms with van der Waals surface area (Å²) in [7, 11) is 1.53. The van der Waals surface area contributed by atoms with E-state index >= 15 is 0 Å². The van der Waals surface area contributed by atoms with Crippen LogP contribution in [0.4, 0.5) is 0 Å². The lowest BCUT2D eigenvalue weighted by atomic mass is 10.3. The first-order valence-electron chi connectivity index (χ1n) is 3.34. The molecule has 0 heterocycles. The lowest BCUT2D eigenvalue weighted by Crippen LogP contribution is -1.98. The van der Waals surface area contributed by atoms with E-state index in [2.05, 4.69) is 4.74 Å². The number of hydrogen-bond donors (Lipinski definition) is 1. The van der Waals surface area contributed by atoms with E-state index in [1.54, 1.807) is 6.07 Å². The minimum absolute atomic E-state index is 0.0430. The summed E-state index contributed by atoms with van der Waals surface area (Å²) in [6.07, 6.45) is 0. The first-order valence-corrected chi connectivity index (χ1v) is 3.72. The molecular weight excluding hydrogens is 180 g/mol. The Morgan fingerprint density at radius 1 is 1.50 bits per heavy atom. The molecule has 0 aromatic heterocycles. The van der Waals surface area contributed by atoms with Crippen LogP contribution in [0.5, 0.6) is 11.5 Å². The van der Waals surface area contributed by atoms with Gasteiger partial charge in [-0.2, -0.15) is 0 Å². The van der Waals surface area contributed by atoms with Crippen molar-refractivity contribution in [3.63, 3.8) is 0 Å². The van der Waals surface area contributed by atoms with E-state index in [1.807, 2.05) is 0 Å². The number of methoxy groups -OCH3 is 1. The highest BCUT2D eigenvalue weighted by Gasteiger charge is 1.99. The molecule has 3 nitrogen and oxygen atoms in total. The van der Waals surface area contributed by atoms with Crippen molar-refractivity contribution in [3.8, 4) is 11.5 Å². The van der Waals surface area contributed by atoms with Gasteiger partial charge in [0.15, 0.2) is 6.79 Å². The largest absolute Gasteiger partial charge is 0.506 e. The summed E-state index contributed by atoms with van der Waals surface area (Å²) in [4.78, 5) is 0. The molecule has 1 aromatic rings. The maximum atomic E-state index is 9.05. The van der Waals surface area contributed by atoms with Crippen LogP contribution >= 0.6 is 11.6 Å². The van der Waals surface area contributed by atoms with E-state index < -0.39 is 0 Å². The Labute approximate surface area is 75.5 Å². The Morgan fingerprint density at radius 3 is 2.83 bits per heavy atom. The number of benzene rings is 1. The van der Waals surface area contributed by atoms with Crippen LogP contribution in [0.1, 0.15) is 0 Å². The maximum absolute atomic E-state index is 9.05. The van der Waals surface area contributed by atoms with Crippen LogP contribution in [0, 0.1) is 0 Å². The summed E-state index contributed by atoms with van der Waals surface area (Å²) >= 11 is 5.62. The molecule has 4 heteroatoms. The molecule has 0 bridgehead atoms. The smallest absolute Gasteiger partial charge is 0.188 e. The van der Waals surface area contributed by atoms with Crippen LogP contribution in [0.2, 0.25) is 5.02 Å². The van der Waals surface area contributed by atoms with Crippen LogP contribution in [0.3, 0.4) is 0 Å². The van der Waals surface area contributed by atoms with E-state index in [-0.39, 0.29) is 17.6 Å². The Kier molecular flexibility index (Phi) is 3.19. The monoisotopic (exact) mass is 188 g/mol. The first kappa shape index (κ1) is 9.16. The van der Waals surface area contributed by atoms with Gasteiger partial charge < -0.3 is 14.6 Å². The zero-order valence-corrected chi connectivity index (χ0v) is 7.34. The van der Waals surface area contributed by atoms with Crippen LogP contribution in [-0.2, 0) is 4.74 Å². The first-order chi connectivity index (χ1) is 5.74. The molecule has 1 aromatic carbocycles. The molecule has 0 aliphatic heterocycles. The lowest BCUT2D eigenvalue weighted by molar-refractivity contribution is 0.0511. The second-order valence-electron chi connectivity index (χ2n) is 2.16. The fourth-order valence-corrected chi connectivity index (χ4v) is 0.875. The van der Waals surface area contributed by atoms with Crippen LogP contribution < -0.4 is 4.74 Å². The fraction of sp³-hybridized carbons (Fsp3) is 0.250. The second-order valence-corrected chi connectivity index (χ2v) is 2.57. The third-order valence-electron chi connectivity index (χ3n) is 1.26. The van der Waals surface area contributed by atoms with Crippen LogP contribution in [0.25, 0.3) is 0 Å². The summed E-state index contributed by atoms with van der Waals surface area (Å²) < 4.78 is 9.76. The Hall–Kier alpha value is -0.930. The molecule has 66 valence electrons. The summed E-state index contributed by atoms with van der Waals surface area (Å²) in [5.74, 6) is 0.612. The van der Waals surface area contributed by atoms with Gasteiger partial charge in [0.05, 0.1) is 5.02 Å². The third-order valence-corrected chi connectivity index (χ3v) is 1.57. The van der Waals surface area contributed by atoms with E-state index in [4.69, 9.17) is 21.4 Å². The van der Waals surface area contributed by atoms with Gasteiger partial charge in [0.2, 0.25) is 0 Å². The van der Waals surface area contributed by atoms with Gasteiger partial charge in [-0.1, -0.05) is 11.6 Å². The average molecular weight is 189 g/mol. The van der Waals surface area contributed by atoms with E-state index in [0.717, 1.165) is 0 Å². The number of halogens is 1. The SMILES string of the molecule is COCOc1ccc(O)c(Cl)c1. The standard InChI is InChI=1S/C8H9ClO3/c1-11-5-12-6-2-3-8(10)7(9)4-6/h2-4,10H,5H2,1H3. The number of ether oxygens (including phenoxy) is 2. The molecule has 0 unspecified atom stereocenters. The minimum Gasteiger partial charge on any atom is -0.506 e. The van der Waals surface area contributed by atoms with E-state index in [1.165, 1.54) is 19.2 Å². The topological polar surface area (TPSA) is 38.7 Å². The van der Waals surface area contributed by atoms with Crippen LogP contribution in [0.15, 0.2) is 18.2 Å². The quantitative estimate of drug-likeness (QED) is 0.738. The molecule has 0 aliphatic rings. The fourth-order valence-electron chi connectivity index (χ4n) is 0.704. The molecule has 0 spiro atoms. The minimum atomic E-state index is 0.0430. The molecule has 1 rings (SSSR count). The van der Waals surface area contributed by atoms with Gasteiger partial charge in [-0.3, -0.25) is 0 Å². The van der Waals surface area contributed by atoms with Gasteiger partial charge in [-0.05, 0) is 12.1 Å². The summed E-state index contributed by atoms with van der Waals surface area (Å²) in [5, 5.41) is 9.32. The van der Waals surface area contributed by atoms with Gasteiger partial charge in [0, 0.05) is 13.2 Å². The van der Waals surface area contributed by atoms with Gasteiger partial charge in [-0.25, -0.2) is 0 Å². The van der Waals surface area contributed by atoms with Crippen molar-refractivity contribution in [2.75, 3.05) is 13.9 Å². The van der Waals surface area contributed by atoms with Crippen molar-refractivity contribution in [2.45, 2.75) is 0 Å². The van der Waals surface area contributed by atoms with E-state index in [9.17, 15) is 0 Å². The zero-order valence-electron chi connectivity index (χ0n) is 6.58. The maximum Gasteiger partial charge on any atom is 0.188 e.